The molecule has 0 bridgehead atoms. The molecule has 9 heteroatoms. The highest BCUT2D eigenvalue weighted by Crippen LogP contribution is 2.31. The lowest BCUT2D eigenvalue weighted by atomic mass is 10.2. The minimum absolute atomic E-state index is 0.0208. The van der Waals surface area contributed by atoms with Gasteiger partial charge in [0.1, 0.15) is 18.1 Å². The lowest BCUT2D eigenvalue weighted by Gasteiger charge is -2.11. The van der Waals surface area contributed by atoms with E-state index in [0.29, 0.717) is 11.3 Å². The number of ether oxygens (including phenoxy) is 3. The fraction of sp³-hybridized carbons (Fsp3) is 0.250. The number of hydrogen-bond acceptors (Lipinski definition) is 5. The Kier molecular flexibility index (Phi) is 5.68. The van der Waals surface area contributed by atoms with Gasteiger partial charge in [0.25, 0.3) is 0 Å². The van der Waals surface area contributed by atoms with E-state index in [1.807, 2.05) is 0 Å². The second kappa shape index (κ2) is 7.73. The molecule has 0 aromatic heterocycles. The summed E-state index contributed by atoms with van der Waals surface area (Å²) in [6.07, 6.45) is -4.43. The Morgan fingerprint density at radius 3 is 2.48 bits per heavy atom. The molecule has 2 rings (SSSR count). The van der Waals surface area contributed by atoms with Crippen LogP contribution in [0.25, 0.3) is 0 Å². The molecule has 0 heterocycles. The molecule has 0 amide bonds. The number of nitro groups is 1. The molecule has 0 aliphatic carbocycles. The monoisotopic (exact) mass is 357 g/mol. The van der Waals surface area contributed by atoms with Crippen LogP contribution in [0.1, 0.15) is 5.56 Å². The number of benzene rings is 2. The van der Waals surface area contributed by atoms with Crippen LogP contribution in [-0.2, 0) is 6.61 Å². The topological polar surface area (TPSA) is 70.8 Å². The Labute approximate surface area is 140 Å². The van der Waals surface area contributed by atoms with E-state index in [1.165, 1.54) is 43.5 Å². The fourth-order valence-electron chi connectivity index (χ4n) is 1.94. The zero-order valence-corrected chi connectivity index (χ0v) is 13.1. The molecule has 134 valence electrons. The minimum Gasteiger partial charge on any atom is -0.496 e. The number of nitrogens with zero attached hydrogens (tertiary/aromatic N) is 1. The molecule has 25 heavy (non-hydrogen) atoms. The van der Waals surface area contributed by atoms with Crippen molar-refractivity contribution in [2.75, 3.05) is 13.7 Å². The Morgan fingerprint density at radius 1 is 1.08 bits per heavy atom. The molecule has 0 fully saturated rings. The summed E-state index contributed by atoms with van der Waals surface area (Å²) < 4.78 is 51.5. The third-order valence-electron chi connectivity index (χ3n) is 3.06. The molecule has 0 aliphatic rings. The molecule has 0 atom stereocenters. The van der Waals surface area contributed by atoms with Crippen molar-refractivity contribution < 1.29 is 32.3 Å². The molecule has 0 saturated carbocycles. The third-order valence-corrected chi connectivity index (χ3v) is 3.06. The summed E-state index contributed by atoms with van der Waals surface area (Å²) in [5.41, 5.74) is 0.230. The lowest BCUT2D eigenvalue weighted by molar-refractivity contribution is -0.386. The summed E-state index contributed by atoms with van der Waals surface area (Å²) >= 11 is 0. The molecular weight excluding hydrogens is 343 g/mol. The Balaban J connectivity index is 2.07. The zero-order valence-electron chi connectivity index (χ0n) is 13.1. The maximum Gasteiger partial charge on any atom is 0.422 e. The smallest absolute Gasteiger partial charge is 0.422 e. The first-order chi connectivity index (χ1) is 11.8. The largest absolute Gasteiger partial charge is 0.496 e. The van der Waals surface area contributed by atoms with Gasteiger partial charge in [-0.2, -0.15) is 13.2 Å². The van der Waals surface area contributed by atoms with Crippen molar-refractivity contribution in [3.63, 3.8) is 0 Å². The van der Waals surface area contributed by atoms with Gasteiger partial charge in [-0.3, -0.25) is 10.1 Å². The van der Waals surface area contributed by atoms with Gasteiger partial charge in [-0.15, -0.1) is 0 Å². The van der Waals surface area contributed by atoms with Crippen LogP contribution in [0.15, 0.2) is 42.5 Å². The lowest BCUT2D eigenvalue weighted by Crippen LogP contribution is -2.19. The molecule has 0 unspecified atom stereocenters. The Morgan fingerprint density at radius 2 is 1.84 bits per heavy atom. The molecule has 0 spiro atoms. The predicted molar refractivity (Wildman–Crippen MR) is 82.0 cm³/mol. The molecule has 0 aliphatic heterocycles. The minimum atomic E-state index is -4.43. The molecule has 2 aromatic carbocycles. The van der Waals surface area contributed by atoms with Gasteiger partial charge in [0.2, 0.25) is 0 Å². The second-order valence-corrected chi connectivity index (χ2v) is 4.93. The number of rotatable bonds is 7. The zero-order chi connectivity index (χ0) is 18.4. The second-order valence-electron chi connectivity index (χ2n) is 4.93. The summed E-state index contributed by atoms with van der Waals surface area (Å²) in [4.78, 5) is 10.5. The molecule has 0 radical (unpaired) electrons. The normalized spacial score (nSPS) is 11.0. The highest BCUT2D eigenvalue weighted by atomic mass is 19.4. The summed E-state index contributed by atoms with van der Waals surface area (Å²) in [5, 5.41) is 11.1. The van der Waals surface area contributed by atoms with Crippen LogP contribution < -0.4 is 14.2 Å². The van der Waals surface area contributed by atoms with E-state index in [4.69, 9.17) is 9.47 Å². The summed E-state index contributed by atoms with van der Waals surface area (Å²) in [7, 11) is 1.38. The van der Waals surface area contributed by atoms with E-state index in [2.05, 4.69) is 4.74 Å². The van der Waals surface area contributed by atoms with Crippen molar-refractivity contribution in [3.05, 3.63) is 58.1 Å². The highest BCUT2D eigenvalue weighted by molar-refractivity contribution is 5.51. The van der Waals surface area contributed by atoms with Gasteiger partial charge in [-0.1, -0.05) is 12.1 Å². The van der Waals surface area contributed by atoms with Gasteiger partial charge in [-0.25, -0.2) is 0 Å². The van der Waals surface area contributed by atoms with Crippen LogP contribution in [0.2, 0.25) is 0 Å². The van der Waals surface area contributed by atoms with Crippen LogP contribution in [0.3, 0.4) is 0 Å². The van der Waals surface area contributed by atoms with E-state index < -0.39 is 17.7 Å². The Bertz CT molecular complexity index is 749. The van der Waals surface area contributed by atoms with Crippen LogP contribution in [0.4, 0.5) is 18.9 Å². The van der Waals surface area contributed by atoms with E-state index in [1.54, 1.807) is 6.07 Å². The van der Waals surface area contributed by atoms with Crippen LogP contribution >= 0.6 is 0 Å². The van der Waals surface area contributed by atoms with Crippen molar-refractivity contribution >= 4 is 5.69 Å². The first-order valence-corrected chi connectivity index (χ1v) is 7.02. The standard InChI is InChI=1S/C16H14F3NO5/c1-23-12-5-6-15(14(8-12)20(21)22)24-9-11-3-2-4-13(7-11)25-10-16(17,18)19/h2-8H,9-10H2,1H3. The van der Waals surface area contributed by atoms with Gasteiger partial charge >= 0.3 is 11.9 Å². The van der Waals surface area contributed by atoms with Gasteiger partial charge in [0, 0.05) is 0 Å². The third kappa shape index (κ3) is 5.55. The highest BCUT2D eigenvalue weighted by Gasteiger charge is 2.28. The predicted octanol–water partition coefficient (Wildman–Crippen LogP) is 4.12. The Hall–Kier alpha value is -2.97. The molecular formula is C16H14F3NO5. The van der Waals surface area contributed by atoms with E-state index in [0.717, 1.165) is 0 Å². The van der Waals surface area contributed by atoms with Crippen molar-refractivity contribution in [1.82, 2.24) is 0 Å². The maximum atomic E-state index is 12.2. The summed E-state index contributed by atoms with van der Waals surface area (Å²) in [5.74, 6) is 0.358. The first-order valence-electron chi connectivity index (χ1n) is 7.02. The van der Waals surface area contributed by atoms with Gasteiger partial charge in [0.15, 0.2) is 12.4 Å². The van der Waals surface area contributed by atoms with Gasteiger partial charge in [0.05, 0.1) is 18.1 Å². The van der Waals surface area contributed by atoms with Crippen molar-refractivity contribution in [1.29, 1.82) is 0 Å². The van der Waals surface area contributed by atoms with Crippen molar-refractivity contribution in [2.45, 2.75) is 12.8 Å². The number of alkyl halides is 3. The van der Waals surface area contributed by atoms with Crippen molar-refractivity contribution in [3.8, 4) is 17.2 Å². The molecule has 0 N–H and O–H groups in total. The number of halogens is 3. The van der Waals surface area contributed by atoms with E-state index in [9.17, 15) is 23.3 Å². The van der Waals surface area contributed by atoms with E-state index in [-0.39, 0.29) is 23.8 Å². The first kappa shape index (κ1) is 18.4. The maximum absolute atomic E-state index is 12.2. The van der Waals surface area contributed by atoms with Crippen LogP contribution in [0.5, 0.6) is 17.2 Å². The van der Waals surface area contributed by atoms with Crippen molar-refractivity contribution in [2.24, 2.45) is 0 Å². The summed E-state index contributed by atoms with van der Waals surface area (Å²) in [6, 6.07) is 9.99. The quantitative estimate of drug-likeness (QED) is 0.551. The molecule has 0 saturated heterocycles. The van der Waals surface area contributed by atoms with Crippen LogP contribution in [0, 0.1) is 10.1 Å². The molecule has 6 nitrogen and oxygen atoms in total. The number of nitro benzene ring substituents is 1. The average molecular weight is 357 g/mol. The summed E-state index contributed by atoms with van der Waals surface area (Å²) in [6.45, 7) is -1.47. The van der Waals surface area contributed by atoms with E-state index >= 15 is 0 Å². The SMILES string of the molecule is COc1ccc(OCc2cccc(OCC(F)(F)F)c2)c([N+](=O)[O-])c1. The fourth-order valence-corrected chi connectivity index (χ4v) is 1.94. The average Bonchev–Trinajstić information content (AvgIpc) is 2.57. The molecule has 2 aromatic rings. The van der Waals surface area contributed by atoms with Gasteiger partial charge < -0.3 is 14.2 Å². The number of hydrogen-bond donors (Lipinski definition) is 0. The van der Waals surface area contributed by atoms with Crippen LogP contribution in [-0.4, -0.2) is 24.8 Å². The van der Waals surface area contributed by atoms with Gasteiger partial charge in [-0.05, 0) is 29.8 Å². The number of methoxy groups -OCH3 is 1.